The van der Waals surface area contributed by atoms with E-state index in [1.54, 1.807) is 0 Å². The number of hydrogen-bond donors (Lipinski definition) is 0. The Kier molecular flexibility index (Phi) is 11.4. The molecule has 0 bridgehead atoms. The Morgan fingerprint density at radius 1 is 0.727 bits per heavy atom. The predicted molar refractivity (Wildman–Crippen MR) is 100.0 cm³/mol. The highest BCUT2D eigenvalue weighted by atomic mass is 127. The second-order valence-corrected chi connectivity index (χ2v) is 6.91. The third-order valence-electron chi connectivity index (χ3n) is 4.05. The van der Waals surface area contributed by atoms with Crippen molar-refractivity contribution in [2.45, 2.75) is 57.9 Å². The number of fused-ring (bicyclic) bond motifs is 1. The van der Waals surface area contributed by atoms with Gasteiger partial charge >= 0.3 is 0 Å². The molecule has 0 unspecified atom stereocenters. The van der Waals surface area contributed by atoms with Crippen LogP contribution in [-0.2, 0) is 6.54 Å². The summed E-state index contributed by atoms with van der Waals surface area (Å²) < 4.78 is 3.66. The average molecular weight is 523 g/mol. The summed E-state index contributed by atoms with van der Waals surface area (Å²) in [7, 11) is 0. The molecule has 0 radical (unpaired) electrons. The Balaban J connectivity index is 0.00000242. The highest BCUT2D eigenvalue weighted by molar-refractivity contribution is 14.1. The van der Waals surface area contributed by atoms with Crippen LogP contribution < -0.4 is 28.5 Å². The van der Waals surface area contributed by atoms with Gasteiger partial charge in [0.15, 0.2) is 12.4 Å². The molecule has 22 heavy (non-hydrogen) atoms. The summed E-state index contributed by atoms with van der Waals surface area (Å²) in [4.78, 5) is 0. The number of hydrogen-bond acceptors (Lipinski definition) is 0. The predicted octanol–water partition coefficient (Wildman–Crippen LogP) is 2.69. The second-order valence-electron chi connectivity index (χ2n) is 5.83. The van der Waals surface area contributed by atoms with Gasteiger partial charge < -0.3 is 24.0 Å². The first kappa shape index (κ1) is 20.1. The van der Waals surface area contributed by atoms with Crippen LogP contribution in [-0.4, -0.2) is 4.43 Å². The number of aromatic nitrogens is 1. The van der Waals surface area contributed by atoms with E-state index in [-0.39, 0.29) is 24.0 Å². The van der Waals surface area contributed by atoms with Gasteiger partial charge in [-0.25, -0.2) is 4.57 Å². The van der Waals surface area contributed by atoms with Gasteiger partial charge in [-0.15, -0.1) is 0 Å². The van der Waals surface area contributed by atoms with Crippen LogP contribution >= 0.6 is 22.6 Å². The molecule has 3 heteroatoms. The molecule has 122 valence electrons. The Bertz CT molecular complexity index is 528. The molecule has 2 aromatic rings. The first-order chi connectivity index (χ1) is 10.4. The summed E-state index contributed by atoms with van der Waals surface area (Å²) in [5, 5.41) is 2.68. The van der Waals surface area contributed by atoms with Crippen LogP contribution in [0.25, 0.3) is 10.8 Å². The fourth-order valence-electron chi connectivity index (χ4n) is 2.77. The largest absolute Gasteiger partial charge is 1.00 e. The summed E-state index contributed by atoms with van der Waals surface area (Å²) in [5.41, 5.74) is 0. The lowest BCUT2D eigenvalue weighted by Gasteiger charge is -2.01. The van der Waals surface area contributed by atoms with Gasteiger partial charge in [-0.05, 0) is 28.7 Å². The Morgan fingerprint density at radius 3 is 2.00 bits per heavy atom. The molecule has 1 nitrogen and oxygen atoms in total. The number of unbranched alkanes of at least 4 members (excludes halogenated alkanes) is 7. The number of aryl methyl sites for hydroxylation is 1. The highest BCUT2D eigenvalue weighted by Gasteiger charge is 2.02. The smallest absolute Gasteiger partial charge is 0.176 e. The Labute approximate surface area is 166 Å². The number of pyridine rings is 1. The zero-order chi connectivity index (χ0) is 14.8. The summed E-state index contributed by atoms with van der Waals surface area (Å²) in [6.07, 6.45) is 15.7. The van der Waals surface area contributed by atoms with Crippen molar-refractivity contribution in [2.75, 3.05) is 4.43 Å². The minimum atomic E-state index is 0. The van der Waals surface area contributed by atoms with Crippen molar-refractivity contribution < 1.29 is 28.5 Å². The van der Waals surface area contributed by atoms with Crippen molar-refractivity contribution in [3.8, 4) is 0 Å². The molecule has 0 aliphatic heterocycles. The molecule has 0 saturated carbocycles. The molecule has 1 aromatic carbocycles. The van der Waals surface area contributed by atoms with E-state index >= 15 is 0 Å². The van der Waals surface area contributed by atoms with Crippen LogP contribution in [0.2, 0.25) is 0 Å². The van der Waals surface area contributed by atoms with Gasteiger partial charge in [0, 0.05) is 17.9 Å². The number of alkyl halides is 1. The van der Waals surface area contributed by atoms with E-state index in [9.17, 15) is 0 Å². The third-order valence-corrected chi connectivity index (χ3v) is 4.81. The summed E-state index contributed by atoms with van der Waals surface area (Å²) in [6.45, 7) is 1.15. The molecule has 2 rings (SSSR count). The lowest BCUT2D eigenvalue weighted by Crippen LogP contribution is -3.00. The molecule has 0 aliphatic carbocycles. The topological polar surface area (TPSA) is 3.88 Å². The number of benzene rings is 1. The fraction of sp³-hybridized carbons (Fsp3) is 0.526. The van der Waals surface area contributed by atoms with Crippen LogP contribution in [0.4, 0.5) is 0 Å². The van der Waals surface area contributed by atoms with Crippen LogP contribution in [0.15, 0.2) is 42.7 Å². The van der Waals surface area contributed by atoms with Crippen LogP contribution in [0, 0.1) is 0 Å². The van der Waals surface area contributed by atoms with Crippen LogP contribution in [0.1, 0.15) is 51.4 Å². The standard InChI is InChI=1S/C19H27IN.HI/c20-14-9-5-3-1-2-4-6-10-15-21-16-13-18-11-7-8-12-19(18)17-21;/h7-8,11-13,16-17H,1-6,9-10,14-15H2;1H/q+1;/p-1. The molecular weight excluding hydrogens is 496 g/mol. The van der Waals surface area contributed by atoms with E-state index in [4.69, 9.17) is 0 Å². The normalized spacial score (nSPS) is 10.6. The summed E-state index contributed by atoms with van der Waals surface area (Å²) in [5.74, 6) is 0. The fourth-order valence-corrected chi connectivity index (χ4v) is 3.31. The maximum absolute atomic E-state index is 2.48. The number of nitrogens with zero attached hydrogens (tertiary/aromatic N) is 1. The minimum absolute atomic E-state index is 0. The van der Waals surface area contributed by atoms with E-state index in [1.165, 1.54) is 66.6 Å². The molecule has 0 atom stereocenters. The first-order valence-electron chi connectivity index (χ1n) is 8.34. The van der Waals surface area contributed by atoms with Crippen molar-refractivity contribution in [1.29, 1.82) is 0 Å². The molecule has 0 amide bonds. The number of rotatable bonds is 10. The number of halogens is 2. The summed E-state index contributed by atoms with van der Waals surface area (Å²) in [6, 6.07) is 10.8. The van der Waals surface area contributed by atoms with Gasteiger partial charge in [-0.3, -0.25) is 0 Å². The molecule has 1 aromatic heterocycles. The van der Waals surface area contributed by atoms with Gasteiger partial charge in [0.2, 0.25) is 0 Å². The van der Waals surface area contributed by atoms with E-state index in [1.807, 2.05) is 0 Å². The zero-order valence-electron chi connectivity index (χ0n) is 13.3. The van der Waals surface area contributed by atoms with Crippen molar-refractivity contribution in [3.05, 3.63) is 42.7 Å². The van der Waals surface area contributed by atoms with E-state index < -0.39 is 0 Å². The third kappa shape index (κ3) is 7.57. The summed E-state index contributed by atoms with van der Waals surface area (Å²) >= 11 is 2.48. The minimum Gasteiger partial charge on any atom is -1.00 e. The molecule has 1 heterocycles. The van der Waals surface area contributed by atoms with Crippen LogP contribution in [0.5, 0.6) is 0 Å². The highest BCUT2D eigenvalue weighted by Crippen LogP contribution is 2.11. The second kappa shape index (κ2) is 12.5. The van der Waals surface area contributed by atoms with E-state index in [0.29, 0.717) is 0 Å². The van der Waals surface area contributed by atoms with Crippen molar-refractivity contribution in [3.63, 3.8) is 0 Å². The van der Waals surface area contributed by atoms with Crippen molar-refractivity contribution >= 4 is 33.4 Å². The van der Waals surface area contributed by atoms with Gasteiger partial charge in [0.25, 0.3) is 0 Å². The van der Waals surface area contributed by atoms with Gasteiger partial charge in [0.05, 0.1) is 0 Å². The van der Waals surface area contributed by atoms with Gasteiger partial charge in [0.1, 0.15) is 6.54 Å². The molecular formula is C19H27I2N. The Morgan fingerprint density at radius 2 is 1.32 bits per heavy atom. The van der Waals surface area contributed by atoms with Crippen molar-refractivity contribution in [1.82, 2.24) is 0 Å². The SMILES string of the molecule is ICCCCCCCCCC[n+]1ccc2ccccc2c1.[I-]. The molecule has 0 aliphatic rings. The average Bonchev–Trinajstić information content (AvgIpc) is 2.53. The lowest BCUT2D eigenvalue weighted by atomic mass is 10.1. The first-order valence-corrected chi connectivity index (χ1v) is 9.86. The monoisotopic (exact) mass is 523 g/mol. The molecule has 0 N–H and O–H groups in total. The maximum Gasteiger partial charge on any atom is 0.176 e. The zero-order valence-corrected chi connectivity index (χ0v) is 17.6. The van der Waals surface area contributed by atoms with E-state index in [2.05, 4.69) is 69.9 Å². The van der Waals surface area contributed by atoms with Crippen molar-refractivity contribution in [2.24, 2.45) is 0 Å². The molecule has 0 saturated heterocycles. The maximum atomic E-state index is 2.48. The molecule has 0 fully saturated rings. The van der Waals surface area contributed by atoms with E-state index in [0.717, 1.165) is 6.54 Å². The van der Waals surface area contributed by atoms with Gasteiger partial charge in [-0.1, -0.05) is 72.9 Å². The Hall–Kier alpha value is 0.0900. The quantitative estimate of drug-likeness (QED) is 0.195. The van der Waals surface area contributed by atoms with Gasteiger partial charge in [-0.2, -0.15) is 0 Å². The molecule has 0 spiro atoms. The lowest BCUT2D eigenvalue weighted by molar-refractivity contribution is -0.696. The van der Waals surface area contributed by atoms with Crippen LogP contribution in [0.3, 0.4) is 0 Å².